The molecule has 4 heteroatoms. The number of rotatable bonds is 3. The molecule has 1 aliphatic heterocycles. The van der Waals surface area contributed by atoms with E-state index in [0.29, 0.717) is 0 Å². The van der Waals surface area contributed by atoms with Crippen LogP contribution in [0.3, 0.4) is 0 Å². The van der Waals surface area contributed by atoms with E-state index in [-0.39, 0.29) is 23.8 Å². The van der Waals surface area contributed by atoms with Crippen LogP contribution in [0, 0.1) is 0 Å². The largest absolute Gasteiger partial charge is 0.412 e. The molecule has 0 saturated carbocycles. The van der Waals surface area contributed by atoms with Crippen LogP contribution in [0.2, 0.25) is 18.1 Å². The molecular weight excluding hydrogens is 218 g/mol. The number of nitrogens with zero attached hydrogens (tertiary/aromatic N) is 1. The average Bonchev–Trinajstić information content (AvgIpc) is 2.44. The zero-order valence-corrected chi connectivity index (χ0v) is 12.6. The summed E-state index contributed by atoms with van der Waals surface area (Å²) in [7, 11) is 0.370. The first-order valence-corrected chi connectivity index (χ1v) is 9.09. The van der Waals surface area contributed by atoms with Crippen LogP contribution in [-0.2, 0) is 4.43 Å². The lowest BCUT2D eigenvalue weighted by Gasteiger charge is -2.40. The summed E-state index contributed by atoms with van der Waals surface area (Å²) in [5.41, 5.74) is 0. The van der Waals surface area contributed by atoms with Crippen molar-refractivity contribution in [3.63, 3.8) is 0 Å². The van der Waals surface area contributed by atoms with Gasteiger partial charge in [0.15, 0.2) is 8.32 Å². The second kappa shape index (κ2) is 4.76. The molecule has 0 aromatic heterocycles. The number of likely N-dealkylation sites (tertiary alicyclic amines) is 1. The maximum atomic E-state index is 9.40. The Morgan fingerprint density at radius 2 is 1.94 bits per heavy atom. The highest BCUT2D eigenvalue weighted by Crippen LogP contribution is 2.39. The highest BCUT2D eigenvalue weighted by Gasteiger charge is 2.42. The molecule has 1 heterocycles. The molecule has 0 aromatic carbocycles. The Kier molecular flexibility index (Phi) is 4.22. The second-order valence-electron chi connectivity index (χ2n) is 6.44. The van der Waals surface area contributed by atoms with E-state index >= 15 is 0 Å². The number of hydrogen-bond acceptors (Lipinski definition) is 3. The highest BCUT2D eigenvalue weighted by atomic mass is 28.4. The third-order valence-electron chi connectivity index (χ3n) is 4.20. The predicted octanol–water partition coefficient (Wildman–Crippen LogP) is 2.07. The summed E-state index contributed by atoms with van der Waals surface area (Å²) in [5, 5.41) is 9.64. The fourth-order valence-corrected chi connectivity index (χ4v) is 3.31. The van der Waals surface area contributed by atoms with Crippen molar-refractivity contribution < 1.29 is 9.53 Å². The molecule has 1 unspecified atom stereocenters. The van der Waals surface area contributed by atoms with E-state index in [4.69, 9.17) is 4.43 Å². The van der Waals surface area contributed by atoms with Crippen molar-refractivity contribution in [1.82, 2.24) is 4.90 Å². The van der Waals surface area contributed by atoms with E-state index < -0.39 is 8.32 Å². The van der Waals surface area contributed by atoms with Gasteiger partial charge in [-0.05, 0) is 31.6 Å². The van der Waals surface area contributed by atoms with Gasteiger partial charge in [0.25, 0.3) is 0 Å². The fourth-order valence-electron chi connectivity index (χ4n) is 1.92. The molecular formula is C12H27NO2Si. The monoisotopic (exact) mass is 245 g/mol. The van der Waals surface area contributed by atoms with E-state index in [2.05, 4.69) is 45.8 Å². The SMILES string of the molecule is CN1CCC(O[Si](C)(C)C(C)(C)C)[C@H]1CO. The Morgan fingerprint density at radius 3 is 2.38 bits per heavy atom. The lowest BCUT2D eigenvalue weighted by molar-refractivity contribution is 0.0882. The molecule has 1 rings (SSSR count). The van der Waals surface area contributed by atoms with E-state index in [1.165, 1.54) is 0 Å². The minimum Gasteiger partial charge on any atom is -0.412 e. The van der Waals surface area contributed by atoms with Crippen molar-refractivity contribution in [2.24, 2.45) is 0 Å². The van der Waals surface area contributed by atoms with Gasteiger partial charge < -0.3 is 9.53 Å². The minimum atomic E-state index is -1.70. The van der Waals surface area contributed by atoms with Crippen LogP contribution in [-0.4, -0.2) is 50.7 Å². The number of aliphatic hydroxyl groups is 1. The van der Waals surface area contributed by atoms with Gasteiger partial charge in [0, 0.05) is 6.54 Å². The Bertz CT molecular complexity index is 238. The molecule has 3 nitrogen and oxygen atoms in total. The van der Waals surface area contributed by atoms with Crippen molar-refractivity contribution >= 4 is 8.32 Å². The molecule has 96 valence electrons. The average molecular weight is 245 g/mol. The van der Waals surface area contributed by atoms with E-state index in [1.54, 1.807) is 0 Å². The van der Waals surface area contributed by atoms with Crippen molar-refractivity contribution in [3.8, 4) is 0 Å². The van der Waals surface area contributed by atoms with Crippen LogP contribution in [0.5, 0.6) is 0 Å². The Labute approximate surface area is 101 Å². The summed E-state index contributed by atoms with van der Waals surface area (Å²) in [4.78, 5) is 2.21. The number of aliphatic hydroxyl groups excluding tert-OH is 1. The molecule has 1 N–H and O–H groups in total. The van der Waals surface area contributed by atoms with Gasteiger partial charge in [-0.2, -0.15) is 0 Å². The summed E-state index contributed by atoms with van der Waals surface area (Å²) in [6.07, 6.45) is 1.27. The van der Waals surface area contributed by atoms with Crippen molar-refractivity contribution in [2.45, 2.75) is 57.5 Å². The molecule has 16 heavy (non-hydrogen) atoms. The Hall–Kier alpha value is 0.0969. The lowest BCUT2D eigenvalue weighted by atomic mass is 10.2. The maximum absolute atomic E-state index is 9.40. The third-order valence-corrected chi connectivity index (χ3v) is 8.71. The van der Waals surface area contributed by atoms with Crippen LogP contribution in [0.1, 0.15) is 27.2 Å². The number of likely N-dealkylation sites (N-methyl/N-ethyl adjacent to an activating group) is 1. The van der Waals surface area contributed by atoms with Gasteiger partial charge in [-0.15, -0.1) is 0 Å². The summed E-state index contributed by atoms with van der Waals surface area (Å²) in [5.74, 6) is 0. The summed E-state index contributed by atoms with van der Waals surface area (Å²) in [6, 6.07) is 0.189. The Morgan fingerprint density at radius 1 is 1.38 bits per heavy atom. The molecule has 0 aliphatic carbocycles. The number of hydrogen-bond donors (Lipinski definition) is 1. The van der Waals surface area contributed by atoms with E-state index in [9.17, 15) is 5.11 Å². The third kappa shape index (κ3) is 2.86. The molecule has 0 spiro atoms. The van der Waals surface area contributed by atoms with Crippen molar-refractivity contribution in [1.29, 1.82) is 0 Å². The Balaban J connectivity index is 2.67. The van der Waals surface area contributed by atoms with Gasteiger partial charge in [-0.3, -0.25) is 4.90 Å². The first-order chi connectivity index (χ1) is 7.19. The van der Waals surface area contributed by atoms with Gasteiger partial charge >= 0.3 is 0 Å². The molecule has 1 saturated heterocycles. The van der Waals surface area contributed by atoms with Crippen molar-refractivity contribution in [2.75, 3.05) is 20.2 Å². The van der Waals surface area contributed by atoms with Crippen LogP contribution in [0.15, 0.2) is 0 Å². The zero-order chi connectivity index (χ0) is 12.6. The first-order valence-electron chi connectivity index (χ1n) is 6.18. The van der Waals surface area contributed by atoms with Crippen LogP contribution in [0.25, 0.3) is 0 Å². The highest BCUT2D eigenvalue weighted by molar-refractivity contribution is 6.74. The summed E-state index contributed by atoms with van der Waals surface area (Å²) < 4.78 is 6.37. The lowest BCUT2D eigenvalue weighted by Crippen LogP contribution is -2.48. The van der Waals surface area contributed by atoms with Gasteiger partial charge in [-0.25, -0.2) is 0 Å². The molecule has 0 aromatic rings. The normalized spacial score (nSPS) is 28.7. The van der Waals surface area contributed by atoms with Crippen LogP contribution < -0.4 is 0 Å². The van der Waals surface area contributed by atoms with Crippen LogP contribution >= 0.6 is 0 Å². The fraction of sp³-hybridized carbons (Fsp3) is 1.00. The quantitative estimate of drug-likeness (QED) is 0.773. The second-order valence-corrected chi connectivity index (χ2v) is 11.2. The van der Waals surface area contributed by atoms with Gasteiger partial charge in [0.2, 0.25) is 0 Å². The van der Waals surface area contributed by atoms with Crippen molar-refractivity contribution in [3.05, 3.63) is 0 Å². The first kappa shape index (κ1) is 14.2. The molecule has 0 bridgehead atoms. The molecule has 1 fully saturated rings. The molecule has 2 atom stereocenters. The van der Waals surface area contributed by atoms with Gasteiger partial charge in [0.1, 0.15) is 0 Å². The topological polar surface area (TPSA) is 32.7 Å². The minimum absolute atomic E-state index is 0.189. The maximum Gasteiger partial charge on any atom is 0.192 e. The molecule has 1 aliphatic rings. The smallest absolute Gasteiger partial charge is 0.192 e. The molecule has 0 radical (unpaired) electrons. The van der Waals surface area contributed by atoms with Gasteiger partial charge in [0.05, 0.1) is 18.8 Å². The summed E-state index contributed by atoms with van der Waals surface area (Å²) in [6.45, 7) is 12.6. The van der Waals surface area contributed by atoms with E-state index in [1.807, 2.05) is 0 Å². The predicted molar refractivity (Wildman–Crippen MR) is 70.2 cm³/mol. The summed E-state index contributed by atoms with van der Waals surface area (Å²) >= 11 is 0. The molecule has 0 amide bonds. The zero-order valence-electron chi connectivity index (χ0n) is 11.6. The van der Waals surface area contributed by atoms with Crippen LogP contribution in [0.4, 0.5) is 0 Å². The van der Waals surface area contributed by atoms with E-state index in [0.717, 1.165) is 13.0 Å². The standard InChI is InChI=1S/C12H27NO2Si/c1-12(2,3)16(5,6)15-11-7-8-13(4)10(11)9-14/h10-11,14H,7-9H2,1-6H3/t10-,11?/m1/s1. The van der Waals surface area contributed by atoms with Gasteiger partial charge in [-0.1, -0.05) is 20.8 Å².